The molecule has 1 atom stereocenters. The number of halogens is 1. The molecule has 0 saturated carbocycles. The molecule has 1 unspecified atom stereocenters. The van der Waals surface area contributed by atoms with Crippen molar-refractivity contribution >= 4 is 17.4 Å². The maximum absolute atomic E-state index is 14.9. The van der Waals surface area contributed by atoms with Gasteiger partial charge in [-0.1, -0.05) is 25.1 Å². The highest BCUT2D eigenvalue weighted by atomic mass is 19.1. The number of morpholine rings is 1. The Morgan fingerprint density at radius 1 is 1.09 bits per heavy atom. The maximum atomic E-state index is 14.9. The normalized spacial score (nSPS) is 20.4. The molecule has 2 saturated heterocycles. The summed E-state index contributed by atoms with van der Waals surface area (Å²) in [5.74, 6) is -1.77. The molecule has 1 amide bonds. The highest BCUT2D eigenvalue weighted by Gasteiger charge is 2.46. The van der Waals surface area contributed by atoms with Crippen LogP contribution in [0.1, 0.15) is 36.9 Å². The molecule has 4 rings (SSSR count). The third-order valence-corrected chi connectivity index (χ3v) is 6.32. The van der Waals surface area contributed by atoms with Crippen LogP contribution in [0.25, 0.3) is 5.76 Å². The Kier molecular flexibility index (Phi) is 8.15. The fourth-order valence-electron chi connectivity index (χ4n) is 4.50. The van der Waals surface area contributed by atoms with Gasteiger partial charge in [0, 0.05) is 37.3 Å². The predicted octanol–water partition coefficient (Wildman–Crippen LogP) is 3.76. The molecule has 0 spiro atoms. The van der Waals surface area contributed by atoms with Crippen LogP contribution in [-0.4, -0.2) is 72.6 Å². The number of amides is 1. The van der Waals surface area contributed by atoms with Crippen LogP contribution in [0.2, 0.25) is 0 Å². The van der Waals surface area contributed by atoms with Crippen LogP contribution in [0.15, 0.2) is 54.1 Å². The van der Waals surface area contributed by atoms with E-state index in [1.165, 1.54) is 11.0 Å². The number of likely N-dealkylation sites (tertiary alicyclic amines) is 1. The van der Waals surface area contributed by atoms with E-state index in [1.807, 2.05) is 6.92 Å². The van der Waals surface area contributed by atoms with E-state index in [2.05, 4.69) is 4.90 Å². The molecule has 2 heterocycles. The Morgan fingerprint density at radius 2 is 1.80 bits per heavy atom. The zero-order valence-corrected chi connectivity index (χ0v) is 19.9. The molecule has 0 bridgehead atoms. The Bertz CT molecular complexity index is 1080. The Balaban J connectivity index is 1.64. The quantitative estimate of drug-likeness (QED) is 0.333. The summed E-state index contributed by atoms with van der Waals surface area (Å²) in [6.07, 6.45) is 1.47. The van der Waals surface area contributed by atoms with Crippen molar-refractivity contribution in [3.8, 4) is 5.75 Å². The minimum Gasteiger partial charge on any atom is -0.507 e. The van der Waals surface area contributed by atoms with E-state index < -0.39 is 23.5 Å². The van der Waals surface area contributed by atoms with Crippen molar-refractivity contribution < 1.29 is 28.6 Å². The van der Waals surface area contributed by atoms with Crippen molar-refractivity contribution in [2.45, 2.75) is 25.8 Å². The average molecular weight is 483 g/mol. The molecule has 2 fully saturated rings. The van der Waals surface area contributed by atoms with Gasteiger partial charge in [0.1, 0.15) is 17.3 Å². The van der Waals surface area contributed by atoms with Gasteiger partial charge >= 0.3 is 0 Å². The topological polar surface area (TPSA) is 79.3 Å². The SMILES string of the molecule is CCCOc1ccc(C(O)=C2C(=O)C(=O)N(CCCN3CCOCC3)C2c2ccccc2F)cc1. The Morgan fingerprint density at radius 3 is 2.49 bits per heavy atom. The van der Waals surface area contributed by atoms with E-state index >= 15 is 0 Å². The molecule has 0 aromatic heterocycles. The minimum atomic E-state index is -1.00. The van der Waals surface area contributed by atoms with Gasteiger partial charge in [0.2, 0.25) is 0 Å². The van der Waals surface area contributed by atoms with Crippen molar-refractivity contribution in [1.82, 2.24) is 9.80 Å². The lowest BCUT2D eigenvalue weighted by molar-refractivity contribution is -0.140. The number of hydrogen-bond acceptors (Lipinski definition) is 6. The summed E-state index contributed by atoms with van der Waals surface area (Å²) in [5.41, 5.74) is 0.442. The Labute approximate surface area is 204 Å². The molecule has 2 aromatic rings. The van der Waals surface area contributed by atoms with Crippen molar-refractivity contribution in [3.63, 3.8) is 0 Å². The molecule has 186 valence electrons. The molecular weight excluding hydrogens is 451 g/mol. The van der Waals surface area contributed by atoms with E-state index in [0.29, 0.717) is 37.6 Å². The highest BCUT2D eigenvalue weighted by molar-refractivity contribution is 6.46. The molecular formula is C27H31FN2O5. The van der Waals surface area contributed by atoms with Crippen LogP contribution >= 0.6 is 0 Å². The second-order valence-electron chi connectivity index (χ2n) is 8.69. The predicted molar refractivity (Wildman–Crippen MR) is 130 cm³/mol. The molecule has 0 aliphatic carbocycles. The Hall–Kier alpha value is -3.23. The average Bonchev–Trinajstić information content (AvgIpc) is 3.13. The molecule has 8 heteroatoms. The van der Waals surface area contributed by atoms with Crippen LogP contribution in [0, 0.1) is 5.82 Å². The number of carbonyl (C=O) groups is 2. The van der Waals surface area contributed by atoms with E-state index in [4.69, 9.17) is 9.47 Å². The van der Waals surface area contributed by atoms with E-state index in [0.717, 1.165) is 26.1 Å². The number of aliphatic hydroxyl groups is 1. The van der Waals surface area contributed by atoms with Gasteiger partial charge < -0.3 is 19.5 Å². The summed E-state index contributed by atoms with van der Waals surface area (Å²) in [6.45, 7) is 6.53. The second-order valence-corrected chi connectivity index (χ2v) is 8.69. The minimum absolute atomic E-state index is 0.103. The molecule has 0 radical (unpaired) electrons. The number of aliphatic hydroxyl groups excluding tert-OH is 1. The maximum Gasteiger partial charge on any atom is 0.295 e. The van der Waals surface area contributed by atoms with Crippen LogP contribution < -0.4 is 4.74 Å². The summed E-state index contributed by atoms with van der Waals surface area (Å²) < 4.78 is 25.9. The van der Waals surface area contributed by atoms with Crippen molar-refractivity contribution in [2.75, 3.05) is 46.0 Å². The van der Waals surface area contributed by atoms with Gasteiger partial charge in [-0.3, -0.25) is 14.5 Å². The summed E-state index contributed by atoms with van der Waals surface area (Å²) >= 11 is 0. The number of Topliss-reactive ketones (excluding diaryl/α,β-unsaturated/α-hetero) is 1. The fraction of sp³-hybridized carbons (Fsp3) is 0.407. The van der Waals surface area contributed by atoms with Gasteiger partial charge in [-0.25, -0.2) is 4.39 Å². The summed E-state index contributed by atoms with van der Waals surface area (Å²) in [7, 11) is 0. The molecule has 7 nitrogen and oxygen atoms in total. The number of ether oxygens (including phenoxy) is 2. The molecule has 2 aliphatic rings. The number of rotatable bonds is 9. The van der Waals surface area contributed by atoms with Crippen LogP contribution in [0.5, 0.6) is 5.75 Å². The standard InChI is InChI=1S/C27H31FN2O5/c1-2-16-35-20-10-8-19(9-11-20)25(31)23-24(21-6-3-4-7-22(21)28)30(27(33)26(23)32)13-5-12-29-14-17-34-18-15-29/h3-4,6-11,24,31H,2,5,12-18H2,1H3. The third-order valence-electron chi connectivity index (χ3n) is 6.32. The largest absolute Gasteiger partial charge is 0.507 e. The molecule has 2 aromatic carbocycles. The summed E-state index contributed by atoms with van der Waals surface area (Å²) in [4.78, 5) is 29.8. The lowest BCUT2D eigenvalue weighted by Gasteiger charge is -2.29. The zero-order chi connectivity index (χ0) is 24.8. The van der Waals surface area contributed by atoms with Crippen molar-refractivity contribution in [1.29, 1.82) is 0 Å². The van der Waals surface area contributed by atoms with E-state index in [9.17, 15) is 19.1 Å². The van der Waals surface area contributed by atoms with Crippen LogP contribution in [0.4, 0.5) is 4.39 Å². The number of hydrogen-bond donors (Lipinski definition) is 1. The summed E-state index contributed by atoms with van der Waals surface area (Å²) in [5, 5.41) is 11.1. The molecule has 1 N–H and O–H groups in total. The second kappa shape index (κ2) is 11.5. The third kappa shape index (κ3) is 5.55. The lowest BCUT2D eigenvalue weighted by Crippen LogP contribution is -2.39. The van der Waals surface area contributed by atoms with Gasteiger partial charge in [0.25, 0.3) is 11.7 Å². The first kappa shape index (κ1) is 24.9. The van der Waals surface area contributed by atoms with Gasteiger partial charge in [0.05, 0.1) is 31.4 Å². The summed E-state index contributed by atoms with van der Waals surface area (Å²) in [6, 6.07) is 11.7. The number of benzene rings is 2. The zero-order valence-electron chi connectivity index (χ0n) is 19.9. The van der Waals surface area contributed by atoms with Crippen molar-refractivity contribution in [2.24, 2.45) is 0 Å². The smallest absolute Gasteiger partial charge is 0.295 e. The molecule has 2 aliphatic heterocycles. The van der Waals surface area contributed by atoms with Crippen LogP contribution in [0.3, 0.4) is 0 Å². The monoisotopic (exact) mass is 482 g/mol. The van der Waals surface area contributed by atoms with E-state index in [-0.39, 0.29) is 23.4 Å². The number of ketones is 1. The number of carbonyl (C=O) groups excluding carboxylic acids is 2. The van der Waals surface area contributed by atoms with Gasteiger partial charge in [-0.2, -0.15) is 0 Å². The highest BCUT2D eigenvalue weighted by Crippen LogP contribution is 2.40. The van der Waals surface area contributed by atoms with Crippen LogP contribution in [-0.2, 0) is 14.3 Å². The number of nitrogens with zero attached hydrogens (tertiary/aromatic N) is 2. The van der Waals surface area contributed by atoms with Gasteiger partial charge in [-0.05, 0) is 43.2 Å². The van der Waals surface area contributed by atoms with E-state index in [1.54, 1.807) is 42.5 Å². The van der Waals surface area contributed by atoms with Gasteiger partial charge in [0.15, 0.2) is 0 Å². The van der Waals surface area contributed by atoms with Crippen molar-refractivity contribution in [3.05, 3.63) is 71.0 Å². The fourth-order valence-corrected chi connectivity index (χ4v) is 4.50. The first-order valence-electron chi connectivity index (χ1n) is 12.1. The molecule has 35 heavy (non-hydrogen) atoms. The van der Waals surface area contributed by atoms with Gasteiger partial charge in [-0.15, -0.1) is 0 Å². The lowest BCUT2D eigenvalue weighted by atomic mass is 9.95. The first-order chi connectivity index (χ1) is 17.0. The first-order valence-corrected chi connectivity index (χ1v) is 12.1.